The molecule has 0 aliphatic rings. The Kier molecular flexibility index (Phi) is 4.90. The third kappa shape index (κ3) is 4.73. The average molecular weight is 222 g/mol. The van der Waals surface area contributed by atoms with E-state index < -0.39 is 0 Å². The van der Waals surface area contributed by atoms with E-state index in [4.69, 9.17) is 4.74 Å². The molecule has 1 aromatic rings. The summed E-state index contributed by atoms with van der Waals surface area (Å²) in [5.41, 5.74) is 2.24. The van der Waals surface area contributed by atoms with Crippen LogP contribution < -0.4 is 5.32 Å². The predicted octanol–water partition coefficient (Wildman–Crippen LogP) is 2.29. The van der Waals surface area contributed by atoms with Gasteiger partial charge in [-0.15, -0.1) is 0 Å². The molecular formula is C13H22N2O. The molecule has 1 rings (SSSR count). The molecule has 0 radical (unpaired) electrons. The molecule has 90 valence electrons. The second-order valence-corrected chi connectivity index (χ2v) is 4.70. The number of aryl methyl sites for hydroxylation is 1. The average Bonchev–Trinajstić information content (AvgIpc) is 2.27. The van der Waals surface area contributed by atoms with Crippen molar-refractivity contribution in [1.82, 2.24) is 10.3 Å². The fraction of sp³-hybridized carbons (Fsp3) is 0.615. The van der Waals surface area contributed by atoms with E-state index in [9.17, 15) is 0 Å². The normalized spacial score (nSPS) is 11.8. The van der Waals surface area contributed by atoms with E-state index in [1.807, 2.05) is 19.2 Å². The van der Waals surface area contributed by atoms with Crippen molar-refractivity contribution in [2.75, 3.05) is 13.7 Å². The Hall–Kier alpha value is -0.930. The number of pyridine rings is 1. The number of nitrogens with zero attached hydrogens (tertiary/aromatic N) is 1. The van der Waals surface area contributed by atoms with Crippen LogP contribution in [0.5, 0.6) is 0 Å². The molecule has 3 nitrogen and oxygen atoms in total. The van der Waals surface area contributed by atoms with Gasteiger partial charge in [0.05, 0.1) is 5.60 Å². The topological polar surface area (TPSA) is 34.1 Å². The van der Waals surface area contributed by atoms with Gasteiger partial charge in [-0.25, -0.2) is 0 Å². The zero-order chi connectivity index (χ0) is 12.0. The molecule has 3 heteroatoms. The molecule has 0 aliphatic heterocycles. The van der Waals surface area contributed by atoms with E-state index in [0.717, 1.165) is 25.2 Å². The van der Waals surface area contributed by atoms with Gasteiger partial charge in [0, 0.05) is 25.5 Å². The maximum atomic E-state index is 5.35. The summed E-state index contributed by atoms with van der Waals surface area (Å²) in [6.45, 7) is 8.02. The van der Waals surface area contributed by atoms with E-state index in [-0.39, 0.29) is 5.60 Å². The molecule has 1 N–H and O–H groups in total. The van der Waals surface area contributed by atoms with Gasteiger partial charge in [-0.3, -0.25) is 4.98 Å². The lowest BCUT2D eigenvalue weighted by Gasteiger charge is -2.22. The molecule has 16 heavy (non-hydrogen) atoms. The van der Waals surface area contributed by atoms with Crippen LogP contribution in [0.2, 0.25) is 0 Å². The largest absolute Gasteiger partial charge is 0.379 e. The van der Waals surface area contributed by atoms with Crippen molar-refractivity contribution >= 4 is 0 Å². The second-order valence-electron chi connectivity index (χ2n) is 4.70. The van der Waals surface area contributed by atoms with Gasteiger partial charge in [0.1, 0.15) is 0 Å². The van der Waals surface area contributed by atoms with Crippen LogP contribution >= 0.6 is 0 Å². The zero-order valence-corrected chi connectivity index (χ0v) is 10.7. The lowest BCUT2D eigenvalue weighted by atomic mass is 10.1. The molecule has 0 atom stereocenters. The Labute approximate surface area is 98.2 Å². The number of nitrogens with one attached hydrogen (secondary N) is 1. The van der Waals surface area contributed by atoms with E-state index in [1.54, 1.807) is 7.11 Å². The first-order valence-corrected chi connectivity index (χ1v) is 5.71. The van der Waals surface area contributed by atoms with Crippen LogP contribution in [0.4, 0.5) is 0 Å². The fourth-order valence-corrected chi connectivity index (χ4v) is 1.33. The van der Waals surface area contributed by atoms with Gasteiger partial charge in [-0.1, -0.05) is 6.07 Å². The highest BCUT2D eigenvalue weighted by Crippen LogP contribution is 2.11. The summed E-state index contributed by atoms with van der Waals surface area (Å²) >= 11 is 0. The molecule has 1 aromatic heterocycles. The van der Waals surface area contributed by atoms with Gasteiger partial charge in [-0.05, 0) is 45.4 Å². The van der Waals surface area contributed by atoms with Gasteiger partial charge in [0.2, 0.25) is 0 Å². The minimum absolute atomic E-state index is 0.0431. The molecule has 0 saturated heterocycles. The predicted molar refractivity (Wildman–Crippen MR) is 66.4 cm³/mol. The minimum Gasteiger partial charge on any atom is -0.379 e. The summed E-state index contributed by atoms with van der Waals surface area (Å²) in [5, 5.41) is 3.39. The minimum atomic E-state index is -0.0431. The zero-order valence-electron chi connectivity index (χ0n) is 10.7. The summed E-state index contributed by atoms with van der Waals surface area (Å²) in [6, 6.07) is 4.15. The summed E-state index contributed by atoms with van der Waals surface area (Å²) in [5.74, 6) is 0. The van der Waals surface area contributed by atoms with E-state index in [1.165, 1.54) is 5.56 Å². The van der Waals surface area contributed by atoms with Crippen molar-refractivity contribution in [3.05, 3.63) is 29.6 Å². The third-order valence-electron chi connectivity index (χ3n) is 2.76. The van der Waals surface area contributed by atoms with Crippen LogP contribution in [0.3, 0.4) is 0 Å². The molecule has 0 amide bonds. The molecular weight excluding hydrogens is 200 g/mol. The van der Waals surface area contributed by atoms with Crippen molar-refractivity contribution in [2.45, 2.75) is 39.3 Å². The van der Waals surface area contributed by atoms with Crippen LogP contribution in [0, 0.1) is 6.92 Å². The standard InChI is InChI=1S/C13H22N2O/c1-11-5-6-12(10-15-11)9-14-8-7-13(2,3)16-4/h5-6,10,14H,7-9H2,1-4H3. The smallest absolute Gasteiger partial charge is 0.0634 e. The Morgan fingerprint density at radius 2 is 2.12 bits per heavy atom. The Morgan fingerprint density at radius 3 is 2.69 bits per heavy atom. The molecule has 0 fully saturated rings. The molecule has 0 bridgehead atoms. The molecule has 0 aromatic carbocycles. The van der Waals surface area contributed by atoms with Crippen molar-refractivity contribution in [2.24, 2.45) is 0 Å². The van der Waals surface area contributed by atoms with E-state index in [0.29, 0.717) is 0 Å². The molecule has 0 saturated carbocycles. The first kappa shape index (κ1) is 13.1. The highest BCUT2D eigenvalue weighted by molar-refractivity contribution is 5.12. The van der Waals surface area contributed by atoms with Gasteiger partial charge >= 0.3 is 0 Å². The lowest BCUT2D eigenvalue weighted by Crippen LogP contribution is -2.28. The number of aromatic nitrogens is 1. The van der Waals surface area contributed by atoms with Crippen LogP contribution in [-0.4, -0.2) is 24.2 Å². The third-order valence-corrected chi connectivity index (χ3v) is 2.76. The maximum absolute atomic E-state index is 5.35. The number of hydrogen-bond donors (Lipinski definition) is 1. The van der Waals surface area contributed by atoms with Gasteiger partial charge in [0.25, 0.3) is 0 Å². The number of methoxy groups -OCH3 is 1. The van der Waals surface area contributed by atoms with Crippen molar-refractivity contribution in [3.8, 4) is 0 Å². The monoisotopic (exact) mass is 222 g/mol. The summed E-state index contributed by atoms with van der Waals surface area (Å²) < 4.78 is 5.35. The van der Waals surface area contributed by atoms with Crippen molar-refractivity contribution in [1.29, 1.82) is 0 Å². The van der Waals surface area contributed by atoms with E-state index >= 15 is 0 Å². The number of hydrogen-bond acceptors (Lipinski definition) is 3. The Morgan fingerprint density at radius 1 is 1.38 bits per heavy atom. The van der Waals surface area contributed by atoms with E-state index in [2.05, 4.69) is 30.2 Å². The van der Waals surface area contributed by atoms with Crippen LogP contribution in [0.25, 0.3) is 0 Å². The first-order valence-electron chi connectivity index (χ1n) is 5.71. The van der Waals surface area contributed by atoms with Crippen LogP contribution in [0.1, 0.15) is 31.5 Å². The number of ether oxygens (including phenoxy) is 1. The lowest BCUT2D eigenvalue weighted by molar-refractivity contribution is 0.0158. The quantitative estimate of drug-likeness (QED) is 0.750. The summed E-state index contributed by atoms with van der Waals surface area (Å²) in [6.07, 6.45) is 2.92. The van der Waals surface area contributed by atoms with Crippen LogP contribution in [0.15, 0.2) is 18.3 Å². The van der Waals surface area contributed by atoms with Gasteiger partial charge < -0.3 is 10.1 Å². The second kappa shape index (κ2) is 5.97. The molecule has 0 unspecified atom stereocenters. The number of rotatable bonds is 6. The Balaban J connectivity index is 2.23. The Bertz CT molecular complexity index is 306. The summed E-state index contributed by atoms with van der Waals surface area (Å²) in [4.78, 5) is 4.26. The van der Waals surface area contributed by atoms with Crippen molar-refractivity contribution in [3.63, 3.8) is 0 Å². The van der Waals surface area contributed by atoms with Crippen LogP contribution in [-0.2, 0) is 11.3 Å². The first-order chi connectivity index (χ1) is 7.53. The SMILES string of the molecule is COC(C)(C)CCNCc1ccc(C)nc1. The highest BCUT2D eigenvalue weighted by Gasteiger charge is 2.14. The van der Waals surface area contributed by atoms with Crippen molar-refractivity contribution < 1.29 is 4.74 Å². The van der Waals surface area contributed by atoms with Gasteiger partial charge in [0.15, 0.2) is 0 Å². The van der Waals surface area contributed by atoms with Gasteiger partial charge in [-0.2, -0.15) is 0 Å². The fourth-order valence-electron chi connectivity index (χ4n) is 1.33. The maximum Gasteiger partial charge on any atom is 0.0634 e. The summed E-state index contributed by atoms with van der Waals surface area (Å²) in [7, 11) is 1.75. The molecule has 1 heterocycles. The molecule has 0 spiro atoms. The molecule has 0 aliphatic carbocycles. The highest BCUT2D eigenvalue weighted by atomic mass is 16.5.